The van der Waals surface area contributed by atoms with Crippen LogP contribution >= 0.6 is 0 Å². The van der Waals surface area contributed by atoms with E-state index < -0.39 is 0 Å². The van der Waals surface area contributed by atoms with Gasteiger partial charge in [-0.15, -0.1) is 6.42 Å². The number of nitrogens with zero attached hydrogens (tertiary/aromatic N) is 3. The van der Waals surface area contributed by atoms with Gasteiger partial charge in [0.15, 0.2) is 0 Å². The Morgan fingerprint density at radius 1 is 1.29 bits per heavy atom. The minimum Gasteiger partial charge on any atom is -0.481 e. The third-order valence-electron chi connectivity index (χ3n) is 4.71. The van der Waals surface area contributed by atoms with Crippen molar-refractivity contribution in [3.63, 3.8) is 0 Å². The molecule has 0 amide bonds. The molecule has 1 aliphatic heterocycles. The highest BCUT2D eigenvalue weighted by atomic mass is 16.5. The van der Waals surface area contributed by atoms with Crippen LogP contribution in [0.15, 0.2) is 53.6 Å². The Balaban J connectivity index is 1.51. The van der Waals surface area contributed by atoms with E-state index in [1.807, 2.05) is 36.4 Å². The van der Waals surface area contributed by atoms with E-state index in [-0.39, 0.29) is 12.2 Å². The number of aromatic nitrogens is 3. The molecule has 1 aromatic carbocycles. The molecule has 3 heterocycles. The molecule has 0 atom stereocenters. The van der Waals surface area contributed by atoms with Crippen molar-refractivity contribution < 1.29 is 4.74 Å². The van der Waals surface area contributed by atoms with Gasteiger partial charge < -0.3 is 9.72 Å². The van der Waals surface area contributed by atoms with Gasteiger partial charge in [0, 0.05) is 44.0 Å². The summed E-state index contributed by atoms with van der Waals surface area (Å²) in [4.78, 5) is 26.6. The van der Waals surface area contributed by atoms with E-state index in [9.17, 15) is 4.79 Å². The van der Waals surface area contributed by atoms with Gasteiger partial charge in [0.25, 0.3) is 5.56 Å². The maximum atomic E-state index is 12.6. The van der Waals surface area contributed by atoms with Crippen molar-refractivity contribution in [2.75, 3.05) is 13.2 Å². The first-order valence-corrected chi connectivity index (χ1v) is 9.13. The minimum absolute atomic E-state index is 0.0837. The summed E-state index contributed by atoms with van der Waals surface area (Å²) < 4.78 is 5.49. The number of benzene rings is 1. The second kappa shape index (κ2) is 8.07. The molecule has 1 N–H and O–H groups in total. The minimum atomic E-state index is -0.0837. The average molecular weight is 372 g/mol. The van der Waals surface area contributed by atoms with Gasteiger partial charge in [0.1, 0.15) is 18.2 Å². The normalized spacial score (nSPS) is 13.5. The topological polar surface area (TPSA) is 71.1 Å². The monoisotopic (exact) mass is 372 g/mol. The molecule has 3 aromatic rings. The van der Waals surface area contributed by atoms with Crippen LogP contribution in [-0.4, -0.2) is 33.0 Å². The van der Waals surface area contributed by atoms with Crippen LogP contribution in [0.1, 0.15) is 16.8 Å². The van der Waals surface area contributed by atoms with Gasteiger partial charge in [-0.2, -0.15) is 0 Å². The van der Waals surface area contributed by atoms with Crippen LogP contribution in [0.25, 0.3) is 11.4 Å². The second-order valence-corrected chi connectivity index (χ2v) is 6.68. The fraction of sp³-hybridized carbons (Fsp3) is 0.227. The Morgan fingerprint density at radius 3 is 3.04 bits per heavy atom. The van der Waals surface area contributed by atoms with Crippen molar-refractivity contribution in [1.82, 2.24) is 19.9 Å². The molecular weight excluding hydrogens is 352 g/mol. The van der Waals surface area contributed by atoms with E-state index in [2.05, 4.69) is 25.8 Å². The molecule has 2 aromatic heterocycles. The molecular formula is C22H20N4O2. The molecule has 6 heteroatoms. The number of rotatable bonds is 5. The average Bonchev–Trinajstić information content (AvgIpc) is 2.73. The Bertz CT molecular complexity index is 1070. The summed E-state index contributed by atoms with van der Waals surface area (Å²) in [7, 11) is 0. The number of hydrogen-bond acceptors (Lipinski definition) is 5. The molecule has 140 valence electrons. The molecule has 0 fully saturated rings. The number of ether oxygens (including phenoxy) is 1. The van der Waals surface area contributed by atoms with Crippen LogP contribution in [0, 0.1) is 12.3 Å². The molecule has 0 unspecified atom stereocenters. The molecule has 6 nitrogen and oxygen atoms in total. The van der Waals surface area contributed by atoms with Gasteiger partial charge in [0.2, 0.25) is 0 Å². The lowest BCUT2D eigenvalue weighted by Crippen LogP contribution is -2.35. The fourth-order valence-electron chi connectivity index (χ4n) is 3.37. The number of terminal acetylenes is 1. The van der Waals surface area contributed by atoms with Crippen LogP contribution in [0.5, 0.6) is 5.75 Å². The summed E-state index contributed by atoms with van der Waals surface area (Å²) >= 11 is 0. The molecule has 4 rings (SSSR count). The quantitative estimate of drug-likeness (QED) is 0.697. The molecule has 0 aliphatic carbocycles. The van der Waals surface area contributed by atoms with Crippen LogP contribution in [-0.2, 0) is 19.5 Å². The second-order valence-electron chi connectivity index (χ2n) is 6.68. The molecule has 0 bridgehead atoms. The Morgan fingerprint density at radius 2 is 2.21 bits per heavy atom. The van der Waals surface area contributed by atoms with Crippen molar-refractivity contribution in [3.8, 4) is 29.5 Å². The summed E-state index contributed by atoms with van der Waals surface area (Å²) in [6, 6.07) is 11.6. The summed E-state index contributed by atoms with van der Waals surface area (Å²) in [6.07, 6.45) is 9.38. The summed E-state index contributed by atoms with van der Waals surface area (Å²) in [5.74, 6) is 3.80. The first-order chi connectivity index (χ1) is 13.7. The van der Waals surface area contributed by atoms with Crippen LogP contribution in [0.4, 0.5) is 0 Å². The SMILES string of the molecule is C#CCOc1cccc(CN2CCc3nc(-c4cccnc4)[nH]c(=O)c3C2)c1. The highest BCUT2D eigenvalue weighted by Crippen LogP contribution is 2.21. The number of H-pyrrole nitrogens is 1. The Labute approximate surface area is 163 Å². The maximum Gasteiger partial charge on any atom is 0.255 e. The third-order valence-corrected chi connectivity index (χ3v) is 4.71. The van der Waals surface area contributed by atoms with Crippen molar-refractivity contribution in [1.29, 1.82) is 0 Å². The van der Waals surface area contributed by atoms with E-state index in [1.165, 1.54) is 0 Å². The largest absolute Gasteiger partial charge is 0.481 e. The van der Waals surface area contributed by atoms with Crippen LogP contribution < -0.4 is 10.3 Å². The van der Waals surface area contributed by atoms with E-state index >= 15 is 0 Å². The third kappa shape index (κ3) is 3.95. The lowest BCUT2D eigenvalue weighted by molar-refractivity contribution is 0.241. The standard InChI is InChI=1S/C22H20N4O2/c1-2-11-28-18-7-3-5-16(12-18)14-26-10-8-20-19(15-26)22(27)25-21(24-20)17-6-4-9-23-13-17/h1,3-7,9,12-13H,8,10-11,14-15H2,(H,24,25,27). The zero-order chi connectivity index (χ0) is 19.3. The molecule has 28 heavy (non-hydrogen) atoms. The predicted octanol–water partition coefficient (Wildman–Crippen LogP) is 2.40. The van der Waals surface area contributed by atoms with Crippen LogP contribution in [0.3, 0.4) is 0 Å². The zero-order valence-electron chi connectivity index (χ0n) is 15.4. The number of pyridine rings is 1. The van der Waals surface area contributed by atoms with Gasteiger partial charge >= 0.3 is 0 Å². The lowest BCUT2D eigenvalue weighted by Gasteiger charge is -2.27. The molecule has 0 spiro atoms. The van der Waals surface area contributed by atoms with Gasteiger partial charge in [0.05, 0.1) is 11.3 Å². The first-order valence-electron chi connectivity index (χ1n) is 9.13. The molecule has 0 saturated carbocycles. The predicted molar refractivity (Wildman–Crippen MR) is 107 cm³/mol. The van der Waals surface area contributed by atoms with E-state index in [0.29, 0.717) is 12.4 Å². The van der Waals surface area contributed by atoms with Gasteiger partial charge in [-0.05, 0) is 29.8 Å². The zero-order valence-corrected chi connectivity index (χ0v) is 15.4. The number of hydrogen-bond donors (Lipinski definition) is 1. The van der Waals surface area contributed by atoms with E-state index in [4.69, 9.17) is 11.2 Å². The molecule has 0 radical (unpaired) electrons. The maximum absolute atomic E-state index is 12.6. The fourth-order valence-corrected chi connectivity index (χ4v) is 3.37. The molecule has 0 saturated heterocycles. The summed E-state index contributed by atoms with van der Waals surface area (Å²) in [6.45, 7) is 2.39. The molecule has 1 aliphatic rings. The Hall–Kier alpha value is -3.43. The van der Waals surface area contributed by atoms with Crippen molar-refractivity contribution >= 4 is 0 Å². The van der Waals surface area contributed by atoms with Crippen molar-refractivity contribution in [3.05, 3.63) is 76.0 Å². The van der Waals surface area contributed by atoms with Gasteiger partial charge in [-0.1, -0.05) is 18.1 Å². The van der Waals surface area contributed by atoms with E-state index in [1.54, 1.807) is 12.4 Å². The van der Waals surface area contributed by atoms with E-state index in [0.717, 1.165) is 47.6 Å². The number of aromatic amines is 1. The number of fused-ring (bicyclic) bond motifs is 1. The summed E-state index contributed by atoms with van der Waals surface area (Å²) in [5.41, 5.74) is 3.45. The number of nitrogens with one attached hydrogen (secondary N) is 1. The highest BCUT2D eigenvalue weighted by Gasteiger charge is 2.21. The smallest absolute Gasteiger partial charge is 0.255 e. The summed E-state index contributed by atoms with van der Waals surface area (Å²) in [5, 5.41) is 0. The lowest BCUT2D eigenvalue weighted by atomic mass is 10.1. The van der Waals surface area contributed by atoms with Gasteiger partial charge in [-0.3, -0.25) is 14.7 Å². The van der Waals surface area contributed by atoms with Crippen LogP contribution in [0.2, 0.25) is 0 Å². The van der Waals surface area contributed by atoms with Crippen molar-refractivity contribution in [2.24, 2.45) is 0 Å². The Kier molecular flexibility index (Phi) is 5.18. The first kappa shape index (κ1) is 18.0. The van der Waals surface area contributed by atoms with Crippen molar-refractivity contribution in [2.45, 2.75) is 19.5 Å². The highest BCUT2D eigenvalue weighted by molar-refractivity contribution is 5.53. The van der Waals surface area contributed by atoms with Gasteiger partial charge in [-0.25, -0.2) is 4.98 Å².